The van der Waals surface area contributed by atoms with Gasteiger partial charge in [-0.3, -0.25) is 0 Å². The molecule has 1 aromatic heterocycles. The maximum Gasteiger partial charge on any atom is 0.218 e. The molecule has 108 valence electrons. The lowest BCUT2D eigenvalue weighted by Crippen LogP contribution is -2.26. The van der Waals surface area contributed by atoms with Crippen LogP contribution in [-0.2, 0) is 6.54 Å². The zero-order valence-corrected chi connectivity index (χ0v) is 12.1. The quantitative estimate of drug-likeness (QED) is 0.814. The van der Waals surface area contributed by atoms with Gasteiger partial charge in [0.25, 0.3) is 0 Å². The number of rotatable bonds is 7. The summed E-state index contributed by atoms with van der Waals surface area (Å²) in [7, 11) is 1.63. The highest BCUT2D eigenvalue weighted by molar-refractivity contribution is 5.80. The number of ether oxygens (including phenoxy) is 1. The van der Waals surface area contributed by atoms with E-state index in [9.17, 15) is 5.11 Å². The standard InChI is InChI=1S/C16H22N2O2/c1-3-6-14(19)11-17-10-13-9-12-7-4-5-8-15(12)18-16(13)20-2/h4-5,7-9,14,17,19H,3,6,10-11H2,1-2H3. The van der Waals surface area contributed by atoms with Gasteiger partial charge in [-0.15, -0.1) is 0 Å². The van der Waals surface area contributed by atoms with Crippen LogP contribution in [0.1, 0.15) is 25.3 Å². The van der Waals surface area contributed by atoms with Crippen molar-refractivity contribution in [1.29, 1.82) is 0 Å². The molecule has 0 radical (unpaired) electrons. The van der Waals surface area contributed by atoms with Crippen LogP contribution >= 0.6 is 0 Å². The molecule has 2 N–H and O–H groups in total. The van der Waals surface area contributed by atoms with Crippen molar-refractivity contribution in [3.05, 3.63) is 35.9 Å². The third-order valence-electron chi connectivity index (χ3n) is 3.27. The van der Waals surface area contributed by atoms with Gasteiger partial charge in [0, 0.05) is 24.0 Å². The molecule has 1 heterocycles. The van der Waals surface area contributed by atoms with Crippen molar-refractivity contribution >= 4 is 10.9 Å². The molecular formula is C16H22N2O2. The van der Waals surface area contributed by atoms with E-state index in [0.29, 0.717) is 19.0 Å². The summed E-state index contributed by atoms with van der Waals surface area (Å²) in [6.07, 6.45) is 1.52. The van der Waals surface area contributed by atoms with E-state index < -0.39 is 0 Å². The number of para-hydroxylation sites is 1. The number of benzene rings is 1. The third kappa shape index (κ3) is 3.68. The molecule has 1 atom stereocenters. The molecule has 0 aliphatic rings. The summed E-state index contributed by atoms with van der Waals surface area (Å²) in [4.78, 5) is 4.50. The molecular weight excluding hydrogens is 252 g/mol. The van der Waals surface area contributed by atoms with Gasteiger partial charge in [0.15, 0.2) is 0 Å². The van der Waals surface area contributed by atoms with Gasteiger partial charge in [-0.05, 0) is 18.6 Å². The number of nitrogens with one attached hydrogen (secondary N) is 1. The molecule has 0 spiro atoms. The molecule has 4 heteroatoms. The lowest BCUT2D eigenvalue weighted by Gasteiger charge is -2.13. The van der Waals surface area contributed by atoms with Crippen molar-refractivity contribution in [1.82, 2.24) is 10.3 Å². The summed E-state index contributed by atoms with van der Waals surface area (Å²) in [5, 5.41) is 14.1. The van der Waals surface area contributed by atoms with E-state index in [2.05, 4.69) is 23.3 Å². The van der Waals surface area contributed by atoms with E-state index in [1.807, 2.05) is 24.3 Å². The minimum atomic E-state index is -0.292. The van der Waals surface area contributed by atoms with E-state index in [1.165, 1.54) is 0 Å². The zero-order valence-electron chi connectivity index (χ0n) is 12.1. The fraction of sp³-hybridized carbons (Fsp3) is 0.438. The summed E-state index contributed by atoms with van der Waals surface area (Å²) < 4.78 is 5.34. The molecule has 20 heavy (non-hydrogen) atoms. The number of aliphatic hydroxyl groups is 1. The number of aliphatic hydroxyl groups excluding tert-OH is 1. The third-order valence-corrected chi connectivity index (χ3v) is 3.27. The van der Waals surface area contributed by atoms with Crippen molar-refractivity contribution in [3.63, 3.8) is 0 Å². The number of fused-ring (bicyclic) bond motifs is 1. The second-order valence-electron chi connectivity index (χ2n) is 4.92. The topological polar surface area (TPSA) is 54.4 Å². The Morgan fingerprint density at radius 2 is 2.15 bits per heavy atom. The lowest BCUT2D eigenvalue weighted by molar-refractivity contribution is 0.160. The minimum Gasteiger partial charge on any atom is -0.481 e. The summed E-state index contributed by atoms with van der Waals surface area (Å²) in [6.45, 7) is 3.30. The number of hydrogen-bond acceptors (Lipinski definition) is 4. The molecule has 0 saturated heterocycles. The lowest BCUT2D eigenvalue weighted by atomic mass is 10.1. The van der Waals surface area contributed by atoms with E-state index in [0.717, 1.165) is 29.3 Å². The molecule has 1 unspecified atom stereocenters. The van der Waals surface area contributed by atoms with Gasteiger partial charge in [0.05, 0.1) is 18.7 Å². The Bertz CT molecular complexity index is 557. The summed E-state index contributed by atoms with van der Waals surface area (Å²) in [5.74, 6) is 0.640. The van der Waals surface area contributed by atoms with Crippen LogP contribution in [0.5, 0.6) is 5.88 Å². The highest BCUT2D eigenvalue weighted by atomic mass is 16.5. The molecule has 1 aromatic carbocycles. The predicted octanol–water partition coefficient (Wildman–Crippen LogP) is 2.49. The van der Waals surface area contributed by atoms with E-state index >= 15 is 0 Å². The summed E-state index contributed by atoms with van der Waals surface area (Å²) in [5.41, 5.74) is 1.94. The van der Waals surface area contributed by atoms with Gasteiger partial charge in [0.2, 0.25) is 5.88 Å². The number of hydrogen-bond donors (Lipinski definition) is 2. The Morgan fingerprint density at radius 3 is 2.90 bits per heavy atom. The Hall–Kier alpha value is -1.65. The maximum atomic E-state index is 9.72. The first-order chi connectivity index (χ1) is 9.74. The SMILES string of the molecule is CCCC(O)CNCc1cc2ccccc2nc1OC. The number of pyridine rings is 1. The number of methoxy groups -OCH3 is 1. The van der Waals surface area contributed by atoms with Crippen molar-refractivity contribution in [3.8, 4) is 5.88 Å². The Labute approximate surface area is 119 Å². The normalized spacial score (nSPS) is 12.6. The minimum absolute atomic E-state index is 0.292. The van der Waals surface area contributed by atoms with E-state index in [4.69, 9.17) is 4.74 Å². The van der Waals surface area contributed by atoms with Gasteiger partial charge in [-0.2, -0.15) is 0 Å². The zero-order chi connectivity index (χ0) is 14.4. The van der Waals surface area contributed by atoms with Crippen LogP contribution < -0.4 is 10.1 Å². The van der Waals surface area contributed by atoms with Crippen LogP contribution in [0.2, 0.25) is 0 Å². The predicted molar refractivity (Wildman–Crippen MR) is 80.9 cm³/mol. The van der Waals surface area contributed by atoms with Crippen LogP contribution in [0.25, 0.3) is 10.9 Å². The van der Waals surface area contributed by atoms with E-state index in [-0.39, 0.29) is 6.10 Å². The van der Waals surface area contributed by atoms with Gasteiger partial charge in [-0.25, -0.2) is 4.98 Å². The van der Waals surface area contributed by atoms with Crippen molar-refractivity contribution in [2.45, 2.75) is 32.4 Å². The molecule has 0 amide bonds. The average Bonchev–Trinajstić information content (AvgIpc) is 2.46. The molecule has 0 aliphatic carbocycles. The molecule has 2 rings (SSSR count). The first-order valence-corrected chi connectivity index (χ1v) is 7.06. The van der Waals surface area contributed by atoms with Crippen molar-refractivity contribution in [2.24, 2.45) is 0 Å². The summed E-state index contributed by atoms with van der Waals surface area (Å²) >= 11 is 0. The summed E-state index contributed by atoms with van der Waals surface area (Å²) in [6, 6.07) is 10.1. The molecule has 2 aromatic rings. The molecule has 0 saturated carbocycles. The van der Waals surface area contributed by atoms with Crippen LogP contribution in [0.15, 0.2) is 30.3 Å². The smallest absolute Gasteiger partial charge is 0.218 e. The van der Waals surface area contributed by atoms with Crippen molar-refractivity contribution < 1.29 is 9.84 Å². The molecule has 0 fully saturated rings. The van der Waals surface area contributed by atoms with Gasteiger partial charge in [-0.1, -0.05) is 31.5 Å². The van der Waals surface area contributed by atoms with Gasteiger partial charge in [0.1, 0.15) is 0 Å². The van der Waals surface area contributed by atoms with Crippen LogP contribution in [0.4, 0.5) is 0 Å². The average molecular weight is 274 g/mol. The first kappa shape index (κ1) is 14.8. The number of nitrogens with zero attached hydrogens (tertiary/aromatic N) is 1. The van der Waals surface area contributed by atoms with E-state index in [1.54, 1.807) is 7.11 Å². The maximum absolute atomic E-state index is 9.72. The monoisotopic (exact) mass is 274 g/mol. The van der Waals surface area contributed by atoms with Crippen LogP contribution in [0.3, 0.4) is 0 Å². The Kier molecular flexibility index (Phi) is 5.32. The fourth-order valence-corrected chi connectivity index (χ4v) is 2.25. The Balaban J connectivity index is 2.08. The second-order valence-corrected chi connectivity index (χ2v) is 4.92. The van der Waals surface area contributed by atoms with Crippen LogP contribution in [-0.4, -0.2) is 29.8 Å². The highest BCUT2D eigenvalue weighted by Gasteiger charge is 2.08. The molecule has 0 bridgehead atoms. The second kappa shape index (κ2) is 7.22. The largest absolute Gasteiger partial charge is 0.481 e. The highest BCUT2D eigenvalue weighted by Crippen LogP contribution is 2.21. The van der Waals surface area contributed by atoms with Crippen molar-refractivity contribution in [2.75, 3.05) is 13.7 Å². The van der Waals surface area contributed by atoms with Gasteiger partial charge >= 0.3 is 0 Å². The van der Waals surface area contributed by atoms with Crippen LogP contribution in [0, 0.1) is 0 Å². The van der Waals surface area contributed by atoms with Gasteiger partial charge < -0.3 is 15.2 Å². The first-order valence-electron chi connectivity index (χ1n) is 7.06. The fourth-order valence-electron chi connectivity index (χ4n) is 2.25. The number of aromatic nitrogens is 1. The molecule has 4 nitrogen and oxygen atoms in total. The Morgan fingerprint density at radius 1 is 1.35 bits per heavy atom. The molecule has 0 aliphatic heterocycles.